The molecule has 1 amide bonds. The Morgan fingerprint density at radius 2 is 2.15 bits per heavy atom. The van der Waals surface area contributed by atoms with Crippen LogP contribution in [-0.4, -0.2) is 21.4 Å². The Labute approximate surface area is 126 Å². The molecular formula is C12H10BrN3O3S. The van der Waals surface area contributed by atoms with Crippen LogP contribution in [0.15, 0.2) is 22.7 Å². The van der Waals surface area contributed by atoms with Gasteiger partial charge in [0.25, 0.3) is 5.91 Å². The van der Waals surface area contributed by atoms with Crippen LogP contribution in [0.3, 0.4) is 0 Å². The number of benzene rings is 1. The average molecular weight is 356 g/mol. The second kappa shape index (κ2) is 5.59. The van der Waals surface area contributed by atoms with E-state index in [4.69, 9.17) is 10.8 Å². The highest BCUT2D eigenvalue weighted by Crippen LogP contribution is 2.26. The van der Waals surface area contributed by atoms with Crippen molar-refractivity contribution in [2.45, 2.75) is 6.92 Å². The molecule has 0 aliphatic carbocycles. The predicted molar refractivity (Wildman–Crippen MR) is 80.3 cm³/mol. The van der Waals surface area contributed by atoms with Crippen LogP contribution < -0.4 is 11.1 Å². The second-order valence-electron chi connectivity index (χ2n) is 3.96. The van der Waals surface area contributed by atoms with Crippen molar-refractivity contribution in [3.8, 4) is 0 Å². The lowest BCUT2D eigenvalue weighted by Gasteiger charge is -2.07. The van der Waals surface area contributed by atoms with Crippen LogP contribution in [0, 0.1) is 6.92 Å². The second-order valence-corrected chi connectivity index (χ2v) is 5.65. The molecule has 1 heterocycles. The zero-order chi connectivity index (χ0) is 14.9. The monoisotopic (exact) mass is 355 g/mol. The summed E-state index contributed by atoms with van der Waals surface area (Å²) in [6.07, 6.45) is 0. The minimum absolute atomic E-state index is 0.000895. The molecule has 0 fully saturated rings. The van der Waals surface area contributed by atoms with Gasteiger partial charge >= 0.3 is 5.97 Å². The fourth-order valence-electron chi connectivity index (χ4n) is 1.62. The van der Waals surface area contributed by atoms with Crippen LogP contribution in [0.4, 0.5) is 10.7 Å². The molecular weight excluding hydrogens is 346 g/mol. The quantitative estimate of drug-likeness (QED) is 0.734. The largest absolute Gasteiger partial charge is 0.478 e. The van der Waals surface area contributed by atoms with Crippen molar-refractivity contribution < 1.29 is 14.7 Å². The lowest BCUT2D eigenvalue weighted by molar-refractivity contribution is 0.0697. The van der Waals surface area contributed by atoms with Gasteiger partial charge in [-0.2, -0.15) is 4.37 Å². The summed E-state index contributed by atoms with van der Waals surface area (Å²) in [5.41, 5.74) is 6.70. The van der Waals surface area contributed by atoms with E-state index in [-0.39, 0.29) is 16.1 Å². The molecule has 6 nitrogen and oxygen atoms in total. The molecule has 2 aromatic rings. The summed E-state index contributed by atoms with van der Waals surface area (Å²) in [5.74, 6) is -1.60. The summed E-state index contributed by atoms with van der Waals surface area (Å²) in [6, 6.07) is 4.84. The van der Waals surface area contributed by atoms with Crippen molar-refractivity contribution in [3.05, 3.63) is 39.5 Å². The van der Waals surface area contributed by atoms with Crippen LogP contribution in [-0.2, 0) is 0 Å². The Morgan fingerprint density at radius 1 is 1.45 bits per heavy atom. The molecule has 104 valence electrons. The van der Waals surface area contributed by atoms with Gasteiger partial charge in [0, 0.05) is 10.2 Å². The topological polar surface area (TPSA) is 105 Å². The number of hydrogen-bond acceptors (Lipinski definition) is 5. The Hall–Kier alpha value is -1.93. The molecule has 0 atom stereocenters. The van der Waals surface area contributed by atoms with E-state index in [9.17, 15) is 9.59 Å². The molecule has 0 radical (unpaired) electrons. The van der Waals surface area contributed by atoms with Gasteiger partial charge in [-0.15, -0.1) is 0 Å². The Kier molecular flexibility index (Phi) is 4.05. The number of nitrogen functional groups attached to an aromatic ring is 1. The highest BCUT2D eigenvalue weighted by atomic mass is 79.9. The van der Waals surface area contributed by atoms with Crippen LogP contribution in [0.25, 0.3) is 0 Å². The first-order valence-corrected chi connectivity index (χ1v) is 7.02. The zero-order valence-electron chi connectivity index (χ0n) is 10.3. The highest BCUT2D eigenvalue weighted by molar-refractivity contribution is 9.10. The molecule has 0 unspecified atom stereocenters. The fraction of sp³-hybridized carbons (Fsp3) is 0.0833. The number of carbonyl (C=O) groups is 2. The van der Waals surface area contributed by atoms with E-state index in [1.54, 1.807) is 25.1 Å². The van der Waals surface area contributed by atoms with Crippen molar-refractivity contribution in [1.29, 1.82) is 0 Å². The lowest BCUT2D eigenvalue weighted by Crippen LogP contribution is -2.15. The first-order chi connectivity index (χ1) is 9.40. The Morgan fingerprint density at radius 3 is 2.75 bits per heavy atom. The third kappa shape index (κ3) is 2.81. The van der Waals surface area contributed by atoms with Gasteiger partial charge in [-0.25, -0.2) is 4.79 Å². The van der Waals surface area contributed by atoms with Gasteiger partial charge in [-0.3, -0.25) is 4.79 Å². The van der Waals surface area contributed by atoms with Gasteiger partial charge in [0.05, 0.1) is 11.3 Å². The molecule has 0 saturated carbocycles. The first-order valence-electron chi connectivity index (χ1n) is 5.46. The Bertz CT molecular complexity index is 699. The molecule has 0 aliphatic heterocycles. The van der Waals surface area contributed by atoms with Crippen LogP contribution in [0.2, 0.25) is 0 Å². The summed E-state index contributed by atoms with van der Waals surface area (Å²) in [6.45, 7) is 1.57. The lowest BCUT2D eigenvalue weighted by atomic mass is 10.1. The summed E-state index contributed by atoms with van der Waals surface area (Å²) in [4.78, 5) is 23.2. The minimum Gasteiger partial charge on any atom is -0.478 e. The summed E-state index contributed by atoms with van der Waals surface area (Å²) in [7, 11) is 0. The number of nitrogens with two attached hydrogens (primary N) is 1. The number of halogens is 1. The van der Waals surface area contributed by atoms with Crippen molar-refractivity contribution in [1.82, 2.24) is 4.37 Å². The van der Waals surface area contributed by atoms with Crippen LogP contribution in [0.5, 0.6) is 0 Å². The summed E-state index contributed by atoms with van der Waals surface area (Å²) in [5, 5.41) is 11.8. The third-order valence-electron chi connectivity index (χ3n) is 2.56. The van der Waals surface area contributed by atoms with Crippen molar-refractivity contribution >= 4 is 50.0 Å². The number of anilines is 2. The number of aromatic carboxylic acids is 1. The molecule has 8 heteroatoms. The first kappa shape index (κ1) is 14.5. The summed E-state index contributed by atoms with van der Waals surface area (Å²) < 4.78 is 4.68. The predicted octanol–water partition coefficient (Wildman–Crippen LogP) is 2.75. The molecule has 1 aromatic heterocycles. The smallest absolute Gasteiger partial charge is 0.340 e. The maximum atomic E-state index is 12.1. The number of carboxylic acids is 1. The molecule has 0 saturated heterocycles. The fourth-order valence-corrected chi connectivity index (χ4v) is 2.78. The number of carboxylic acid groups (broad SMARTS) is 1. The number of amides is 1. The van der Waals surface area contributed by atoms with E-state index >= 15 is 0 Å². The zero-order valence-corrected chi connectivity index (χ0v) is 12.7. The van der Waals surface area contributed by atoms with Crippen molar-refractivity contribution in [3.63, 3.8) is 0 Å². The molecule has 1 aromatic carbocycles. The Balaban J connectivity index is 2.31. The van der Waals surface area contributed by atoms with E-state index in [2.05, 4.69) is 25.6 Å². The van der Waals surface area contributed by atoms with E-state index < -0.39 is 11.9 Å². The standard InChI is InChI=1S/C12H10BrN3O3S/c1-5-9(12(18)19)11(20-16-5)15-10(17)7-3-2-6(13)4-8(7)14/h2-4H,14H2,1H3,(H,15,17)(H,18,19). The van der Waals surface area contributed by atoms with Gasteiger partial charge in [0.15, 0.2) is 0 Å². The van der Waals surface area contributed by atoms with Gasteiger partial charge in [0.1, 0.15) is 10.6 Å². The molecule has 4 N–H and O–H groups in total. The normalized spacial score (nSPS) is 10.3. The molecule has 0 aliphatic rings. The SMILES string of the molecule is Cc1nsc(NC(=O)c2ccc(Br)cc2N)c1C(=O)O. The number of hydrogen-bond donors (Lipinski definition) is 3. The molecule has 0 spiro atoms. The van der Waals surface area contributed by atoms with E-state index in [0.29, 0.717) is 11.4 Å². The highest BCUT2D eigenvalue weighted by Gasteiger charge is 2.20. The number of aryl methyl sites for hydroxylation is 1. The number of carbonyl (C=O) groups excluding carboxylic acids is 1. The van der Waals surface area contributed by atoms with Crippen molar-refractivity contribution in [2.24, 2.45) is 0 Å². The van der Waals surface area contributed by atoms with E-state index in [0.717, 1.165) is 16.0 Å². The third-order valence-corrected chi connectivity index (χ3v) is 3.91. The maximum absolute atomic E-state index is 12.1. The van der Waals surface area contributed by atoms with E-state index in [1.165, 1.54) is 0 Å². The van der Waals surface area contributed by atoms with Crippen LogP contribution >= 0.6 is 27.5 Å². The van der Waals surface area contributed by atoms with Gasteiger partial charge in [0.2, 0.25) is 0 Å². The number of aromatic nitrogens is 1. The number of rotatable bonds is 3. The van der Waals surface area contributed by atoms with Gasteiger partial charge in [-0.1, -0.05) is 15.9 Å². The van der Waals surface area contributed by atoms with E-state index in [1.807, 2.05) is 0 Å². The maximum Gasteiger partial charge on any atom is 0.340 e. The molecule has 20 heavy (non-hydrogen) atoms. The summed E-state index contributed by atoms with van der Waals surface area (Å²) >= 11 is 4.17. The minimum atomic E-state index is -1.13. The molecule has 2 rings (SSSR count). The number of nitrogens with zero attached hydrogens (tertiary/aromatic N) is 1. The number of nitrogens with one attached hydrogen (secondary N) is 1. The van der Waals surface area contributed by atoms with Crippen LogP contribution in [0.1, 0.15) is 26.4 Å². The van der Waals surface area contributed by atoms with Gasteiger partial charge in [-0.05, 0) is 36.7 Å². The van der Waals surface area contributed by atoms with Gasteiger partial charge < -0.3 is 16.2 Å². The average Bonchev–Trinajstić information content (AvgIpc) is 2.70. The van der Waals surface area contributed by atoms with Crippen molar-refractivity contribution in [2.75, 3.05) is 11.1 Å². The molecule has 0 bridgehead atoms.